The minimum absolute atomic E-state index is 0.132. The molecular weight excluding hydrogens is 314 g/mol. The van der Waals surface area contributed by atoms with E-state index in [1.54, 1.807) is 4.57 Å². The lowest BCUT2D eigenvalue weighted by molar-refractivity contribution is -0.954. The molecule has 0 saturated heterocycles. The maximum absolute atomic E-state index is 12.5. The number of carbonyl (C=O) groups is 1. The lowest BCUT2D eigenvalue weighted by Gasteiger charge is -2.38. The largest absolute Gasteiger partial charge is 0.466 e. The highest BCUT2D eigenvalue weighted by Crippen LogP contribution is 2.28. The van der Waals surface area contributed by atoms with Gasteiger partial charge in [-0.3, -0.25) is 9.69 Å². The van der Waals surface area contributed by atoms with E-state index in [2.05, 4.69) is 23.6 Å². The second kappa shape index (κ2) is 6.57. The first-order valence-electron chi connectivity index (χ1n) is 8.19. The summed E-state index contributed by atoms with van der Waals surface area (Å²) in [6, 6.07) is 0.551. The van der Waals surface area contributed by atoms with E-state index >= 15 is 0 Å². The maximum Gasteiger partial charge on any atom is 0.332 e. The van der Waals surface area contributed by atoms with E-state index < -0.39 is 5.97 Å². The topological polar surface area (TPSA) is 65.1 Å². The monoisotopic (exact) mass is 338 g/mol. The summed E-state index contributed by atoms with van der Waals surface area (Å²) in [6.07, 6.45) is 5.01. The summed E-state index contributed by atoms with van der Waals surface area (Å²) < 4.78 is 6.73. The highest BCUT2D eigenvalue weighted by molar-refractivity contribution is 7.07. The molecule has 126 valence electrons. The van der Waals surface area contributed by atoms with Crippen LogP contribution in [0.4, 0.5) is 0 Å². The van der Waals surface area contributed by atoms with Crippen molar-refractivity contribution in [2.24, 2.45) is 16.8 Å². The van der Waals surface area contributed by atoms with Crippen LogP contribution in [0.25, 0.3) is 6.08 Å². The number of nitrogens with zero attached hydrogens (tertiary/aromatic N) is 2. The molecule has 0 aromatic carbocycles. The van der Waals surface area contributed by atoms with Crippen LogP contribution in [0.5, 0.6) is 0 Å². The molecule has 4 atom stereocenters. The molecule has 1 unspecified atom stereocenters. The van der Waals surface area contributed by atoms with Crippen molar-refractivity contribution in [1.29, 1.82) is 0 Å². The number of carbonyl (C=O) groups excluding carboxylic acids is 1. The minimum atomic E-state index is -0.500. The van der Waals surface area contributed by atoms with Crippen molar-refractivity contribution < 1.29 is 14.4 Å². The highest BCUT2D eigenvalue weighted by atomic mass is 32.1. The fourth-order valence-electron chi connectivity index (χ4n) is 3.75. The Morgan fingerprint density at radius 3 is 2.96 bits per heavy atom. The summed E-state index contributed by atoms with van der Waals surface area (Å²) in [7, 11) is 1.31. The van der Waals surface area contributed by atoms with Gasteiger partial charge in [0.15, 0.2) is 18.1 Å². The van der Waals surface area contributed by atoms with Gasteiger partial charge in [-0.2, -0.15) is 0 Å². The molecular formula is C16H24N3O3S+. The van der Waals surface area contributed by atoms with Crippen LogP contribution in [0.2, 0.25) is 0 Å². The smallest absolute Gasteiger partial charge is 0.332 e. The first kappa shape index (κ1) is 16.4. The third kappa shape index (κ3) is 3.12. The van der Waals surface area contributed by atoms with Crippen molar-refractivity contribution in [2.45, 2.75) is 45.8 Å². The molecule has 0 amide bonds. The molecule has 0 bridgehead atoms. The average Bonchev–Trinajstić information content (AvgIpc) is 2.85. The van der Waals surface area contributed by atoms with E-state index in [1.165, 1.54) is 48.7 Å². The Hall–Kier alpha value is -1.47. The number of thiazole rings is 1. The molecule has 2 aliphatic rings. The van der Waals surface area contributed by atoms with Crippen molar-refractivity contribution in [1.82, 2.24) is 4.57 Å². The molecule has 3 rings (SSSR count). The Kier molecular flexibility index (Phi) is 4.68. The quantitative estimate of drug-likeness (QED) is 0.713. The third-order valence-corrected chi connectivity index (χ3v) is 6.39. The molecule has 1 N–H and O–H groups in total. The molecule has 7 heteroatoms. The van der Waals surface area contributed by atoms with Gasteiger partial charge in [-0.25, -0.2) is 14.4 Å². The zero-order valence-corrected chi connectivity index (χ0v) is 14.7. The third-order valence-electron chi connectivity index (χ3n) is 5.35. The molecule has 1 aliphatic heterocycles. The van der Waals surface area contributed by atoms with Crippen molar-refractivity contribution in [3.8, 4) is 0 Å². The van der Waals surface area contributed by atoms with Gasteiger partial charge < -0.3 is 4.74 Å². The number of hydrogen-bond donors (Lipinski definition) is 1. The second-order valence-corrected chi connectivity index (χ2v) is 7.67. The van der Waals surface area contributed by atoms with Crippen molar-refractivity contribution in [2.75, 3.05) is 13.8 Å². The van der Waals surface area contributed by atoms with E-state index in [0.717, 1.165) is 5.92 Å². The SMILES string of the molecule is COC(=O)/C=c1/sc2n(c1=O)C[NH+]([C@@H]1CCC[C@@H](C)[C@@H]1C)CN=2. The van der Waals surface area contributed by atoms with E-state index in [-0.39, 0.29) is 5.56 Å². The predicted octanol–water partition coefficient (Wildman–Crippen LogP) is -0.879. The fourth-order valence-corrected chi connectivity index (χ4v) is 4.68. The number of nitrogens with one attached hydrogen (secondary N) is 1. The molecule has 0 spiro atoms. The summed E-state index contributed by atoms with van der Waals surface area (Å²) in [6.45, 7) is 6.00. The van der Waals surface area contributed by atoms with Gasteiger partial charge in [-0.1, -0.05) is 25.2 Å². The van der Waals surface area contributed by atoms with Crippen LogP contribution in [0, 0.1) is 11.8 Å². The zero-order chi connectivity index (χ0) is 16.6. The minimum Gasteiger partial charge on any atom is -0.466 e. The van der Waals surface area contributed by atoms with Gasteiger partial charge in [0.05, 0.1) is 13.2 Å². The van der Waals surface area contributed by atoms with Gasteiger partial charge in [0.2, 0.25) is 0 Å². The Balaban J connectivity index is 1.88. The van der Waals surface area contributed by atoms with Crippen LogP contribution in [-0.2, 0) is 16.2 Å². The first-order valence-corrected chi connectivity index (χ1v) is 9.01. The summed E-state index contributed by atoms with van der Waals surface area (Å²) in [4.78, 5) is 30.6. The van der Waals surface area contributed by atoms with Gasteiger partial charge in [0.1, 0.15) is 4.53 Å². The number of rotatable bonds is 2. The first-order chi connectivity index (χ1) is 11.0. The van der Waals surface area contributed by atoms with Crippen molar-refractivity contribution >= 4 is 23.4 Å². The van der Waals surface area contributed by atoms with E-state index in [4.69, 9.17) is 0 Å². The van der Waals surface area contributed by atoms with Crippen LogP contribution in [-0.4, -0.2) is 30.4 Å². The molecule has 1 aromatic rings. The lowest BCUT2D eigenvalue weighted by Crippen LogP contribution is -3.17. The van der Waals surface area contributed by atoms with Gasteiger partial charge in [0, 0.05) is 12.0 Å². The Bertz CT molecular complexity index is 767. The molecule has 1 aromatic heterocycles. The maximum atomic E-state index is 12.5. The Labute approximate surface area is 139 Å². The summed E-state index contributed by atoms with van der Waals surface area (Å²) >= 11 is 1.27. The summed E-state index contributed by atoms with van der Waals surface area (Å²) in [5, 5.41) is 0. The van der Waals surface area contributed by atoms with E-state index in [9.17, 15) is 9.59 Å². The fraction of sp³-hybridized carbons (Fsp3) is 0.688. The van der Waals surface area contributed by atoms with Crippen LogP contribution in [0.3, 0.4) is 0 Å². The Morgan fingerprint density at radius 2 is 2.22 bits per heavy atom. The molecule has 1 fully saturated rings. The molecule has 0 radical (unpaired) electrons. The number of methoxy groups -OCH3 is 1. The molecule has 6 nitrogen and oxygen atoms in total. The Morgan fingerprint density at radius 1 is 1.43 bits per heavy atom. The van der Waals surface area contributed by atoms with Crippen LogP contribution >= 0.6 is 11.3 Å². The number of esters is 1. The summed E-state index contributed by atoms with van der Waals surface area (Å²) in [5.41, 5.74) is -0.132. The molecule has 23 heavy (non-hydrogen) atoms. The van der Waals surface area contributed by atoms with Crippen LogP contribution < -0.4 is 19.8 Å². The number of ether oxygens (including phenoxy) is 1. The average molecular weight is 338 g/mol. The van der Waals surface area contributed by atoms with Gasteiger partial charge in [-0.15, -0.1) is 0 Å². The zero-order valence-electron chi connectivity index (χ0n) is 13.9. The van der Waals surface area contributed by atoms with E-state index in [1.807, 2.05) is 0 Å². The van der Waals surface area contributed by atoms with Gasteiger partial charge in [0.25, 0.3) is 5.56 Å². The van der Waals surface area contributed by atoms with Crippen LogP contribution in [0.1, 0.15) is 33.1 Å². The predicted molar refractivity (Wildman–Crippen MR) is 87.6 cm³/mol. The number of hydrogen-bond acceptors (Lipinski definition) is 5. The lowest BCUT2D eigenvalue weighted by atomic mass is 9.77. The van der Waals surface area contributed by atoms with E-state index in [0.29, 0.717) is 34.6 Å². The number of aromatic nitrogens is 1. The number of fused-ring (bicyclic) bond motifs is 1. The molecule has 1 saturated carbocycles. The van der Waals surface area contributed by atoms with Crippen LogP contribution in [0.15, 0.2) is 9.79 Å². The number of quaternary nitrogens is 1. The standard InChI is InChI=1S/C16H23N3O3S/c1-10-5-4-6-12(11(10)2)18-8-17-16-19(9-18)15(21)13(23-16)7-14(20)22-3/h7,10-12H,4-6,8-9H2,1-3H3/p+1/b13-7+/t10-,11+,12-/m1/s1. The molecule has 2 heterocycles. The van der Waals surface area contributed by atoms with Gasteiger partial charge >= 0.3 is 5.97 Å². The van der Waals surface area contributed by atoms with Gasteiger partial charge in [-0.05, 0) is 25.2 Å². The van der Waals surface area contributed by atoms with Crippen molar-refractivity contribution in [3.05, 3.63) is 19.7 Å². The normalized spacial score (nSPS) is 31.3. The molecule has 1 aliphatic carbocycles. The second-order valence-electron chi connectivity index (χ2n) is 6.66. The highest BCUT2D eigenvalue weighted by Gasteiger charge is 2.36. The van der Waals surface area contributed by atoms with Crippen molar-refractivity contribution in [3.63, 3.8) is 0 Å². The summed E-state index contributed by atoms with van der Waals surface area (Å²) in [5.74, 6) is 0.872.